The highest BCUT2D eigenvalue weighted by Gasteiger charge is 2.30. The minimum Gasteiger partial charge on any atom is -0.322 e. The van der Waals surface area contributed by atoms with Crippen LogP contribution in [0, 0.1) is 12.7 Å². The van der Waals surface area contributed by atoms with Crippen molar-refractivity contribution in [3.8, 4) is 0 Å². The second-order valence-corrected chi connectivity index (χ2v) is 6.47. The van der Waals surface area contributed by atoms with Crippen molar-refractivity contribution in [1.29, 1.82) is 0 Å². The first kappa shape index (κ1) is 20.3. The Labute approximate surface area is 163 Å². The first-order valence-corrected chi connectivity index (χ1v) is 8.58. The highest BCUT2D eigenvalue weighted by Crippen LogP contribution is 2.29. The van der Waals surface area contributed by atoms with E-state index in [-0.39, 0.29) is 23.4 Å². The molecule has 0 unspecified atom stereocenters. The largest absolute Gasteiger partial charge is 0.416 e. The maximum absolute atomic E-state index is 13.6. The number of anilines is 1. The molecular formula is C21H16F4N2O2. The zero-order valence-corrected chi connectivity index (χ0v) is 15.3. The summed E-state index contributed by atoms with van der Waals surface area (Å²) in [6.07, 6.45) is -3.11. The molecule has 0 saturated carbocycles. The van der Waals surface area contributed by atoms with E-state index < -0.39 is 29.0 Å². The molecular weight excluding hydrogens is 388 g/mol. The lowest BCUT2D eigenvalue weighted by Crippen LogP contribution is -2.29. The van der Waals surface area contributed by atoms with Crippen LogP contribution < -0.4 is 10.9 Å². The Morgan fingerprint density at radius 3 is 2.52 bits per heavy atom. The molecule has 0 fully saturated rings. The number of pyridine rings is 1. The van der Waals surface area contributed by atoms with E-state index in [0.717, 1.165) is 22.8 Å². The van der Waals surface area contributed by atoms with Gasteiger partial charge in [0.2, 0.25) is 0 Å². The summed E-state index contributed by atoms with van der Waals surface area (Å²) in [5.74, 6) is -1.24. The van der Waals surface area contributed by atoms with Crippen LogP contribution in [0.5, 0.6) is 0 Å². The Hall–Kier alpha value is -3.42. The van der Waals surface area contributed by atoms with Crippen molar-refractivity contribution < 1.29 is 22.4 Å². The zero-order chi connectivity index (χ0) is 21.2. The first-order valence-electron chi connectivity index (χ1n) is 8.58. The standard InChI is InChI=1S/C21H16F4N2O2/c1-13-7-8-16(11-18(13)22)26-19(28)17-6-3-9-27(20(17)29)12-14-4-2-5-15(10-14)21(23,24)25/h2-11H,12H2,1H3,(H,26,28). The molecule has 0 atom stereocenters. The number of carbonyl (C=O) groups excluding carboxylic acids is 1. The van der Waals surface area contributed by atoms with Gasteiger partial charge in [0.15, 0.2) is 0 Å². The SMILES string of the molecule is Cc1ccc(NC(=O)c2cccn(Cc3cccc(C(F)(F)F)c3)c2=O)cc1F. The van der Waals surface area contributed by atoms with Gasteiger partial charge in [0.1, 0.15) is 11.4 Å². The molecule has 29 heavy (non-hydrogen) atoms. The quantitative estimate of drug-likeness (QED) is 0.646. The summed E-state index contributed by atoms with van der Waals surface area (Å²) in [6.45, 7) is 1.44. The predicted octanol–water partition coefficient (Wildman–Crippen LogP) is 4.62. The van der Waals surface area contributed by atoms with E-state index in [9.17, 15) is 27.2 Å². The molecule has 0 radical (unpaired) electrons. The summed E-state index contributed by atoms with van der Waals surface area (Å²) in [5.41, 5.74) is -0.842. The maximum Gasteiger partial charge on any atom is 0.416 e. The topological polar surface area (TPSA) is 51.1 Å². The number of rotatable bonds is 4. The molecule has 1 heterocycles. The average molecular weight is 404 g/mol. The van der Waals surface area contributed by atoms with E-state index in [1.807, 2.05) is 0 Å². The van der Waals surface area contributed by atoms with Gasteiger partial charge in [-0.25, -0.2) is 4.39 Å². The van der Waals surface area contributed by atoms with Gasteiger partial charge >= 0.3 is 6.18 Å². The van der Waals surface area contributed by atoms with Gasteiger partial charge in [-0.2, -0.15) is 13.2 Å². The molecule has 0 spiro atoms. The monoisotopic (exact) mass is 404 g/mol. The van der Waals surface area contributed by atoms with Gasteiger partial charge in [-0.1, -0.05) is 18.2 Å². The number of amides is 1. The number of alkyl halides is 3. The van der Waals surface area contributed by atoms with Crippen molar-refractivity contribution in [2.75, 3.05) is 5.32 Å². The van der Waals surface area contributed by atoms with E-state index in [4.69, 9.17) is 0 Å². The number of hydrogen-bond donors (Lipinski definition) is 1. The Morgan fingerprint density at radius 2 is 1.83 bits per heavy atom. The van der Waals surface area contributed by atoms with E-state index in [1.54, 1.807) is 6.92 Å². The molecule has 3 aromatic rings. The van der Waals surface area contributed by atoms with E-state index >= 15 is 0 Å². The molecule has 3 rings (SSSR count). The predicted molar refractivity (Wildman–Crippen MR) is 100 cm³/mol. The average Bonchev–Trinajstić information content (AvgIpc) is 2.66. The molecule has 1 N–H and O–H groups in total. The number of hydrogen-bond acceptors (Lipinski definition) is 2. The molecule has 1 aromatic heterocycles. The number of aryl methyl sites for hydroxylation is 1. The van der Waals surface area contributed by atoms with Crippen molar-refractivity contribution in [2.45, 2.75) is 19.6 Å². The van der Waals surface area contributed by atoms with Crippen LogP contribution in [-0.2, 0) is 12.7 Å². The third-order valence-electron chi connectivity index (χ3n) is 4.30. The van der Waals surface area contributed by atoms with Gasteiger partial charge in [-0.3, -0.25) is 9.59 Å². The summed E-state index contributed by atoms with van der Waals surface area (Å²) >= 11 is 0. The van der Waals surface area contributed by atoms with Gasteiger partial charge in [0.25, 0.3) is 11.5 Å². The van der Waals surface area contributed by atoms with Crippen molar-refractivity contribution in [3.63, 3.8) is 0 Å². The summed E-state index contributed by atoms with van der Waals surface area (Å²) in [5, 5.41) is 2.45. The second kappa shape index (κ2) is 7.90. The molecule has 0 aliphatic carbocycles. The molecule has 1 amide bonds. The van der Waals surface area contributed by atoms with E-state index in [0.29, 0.717) is 5.56 Å². The third kappa shape index (κ3) is 4.71. The molecule has 0 aliphatic heterocycles. The number of carbonyl (C=O) groups is 1. The van der Waals surface area contributed by atoms with E-state index in [2.05, 4.69) is 5.32 Å². The Bertz CT molecular complexity index is 1120. The molecule has 4 nitrogen and oxygen atoms in total. The van der Waals surface area contributed by atoms with Gasteiger partial charge in [-0.15, -0.1) is 0 Å². The first-order chi connectivity index (χ1) is 13.6. The van der Waals surface area contributed by atoms with Crippen LogP contribution in [0.3, 0.4) is 0 Å². The fraction of sp³-hybridized carbons (Fsp3) is 0.143. The van der Waals surface area contributed by atoms with Crippen molar-refractivity contribution in [3.05, 3.63) is 99.2 Å². The van der Waals surface area contributed by atoms with Gasteiger partial charge in [0.05, 0.1) is 12.1 Å². The fourth-order valence-electron chi connectivity index (χ4n) is 2.75. The lowest BCUT2D eigenvalue weighted by Gasteiger charge is -2.11. The van der Waals surface area contributed by atoms with Gasteiger partial charge < -0.3 is 9.88 Å². The Balaban J connectivity index is 1.85. The van der Waals surface area contributed by atoms with Crippen LogP contribution in [0.15, 0.2) is 65.6 Å². The number of nitrogens with one attached hydrogen (secondary N) is 1. The summed E-state index contributed by atoms with van der Waals surface area (Å²) in [6, 6.07) is 11.5. The van der Waals surface area contributed by atoms with Crippen LogP contribution in [0.1, 0.15) is 27.0 Å². The number of aromatic nitrogens is 1. The third-order valence-corrected chi connectivity index (χ3v) is 4.30. The number of nitrogens with zero attached hydrogens (tertiary/aromatic N) is 1. The fourth-order valence-corrected chi connectivity index (χ4v) is 2.75. The smallest absolute Gasteiger partial charge is 0.322 e. The Morgan fingerprint density at radius 1 is 1.07 bits per heavy atom. The van der Waals surface area contributed by atoms with Crippen molar-refractivity contribution in [1.82, 2.24) is 4.57 Å². The lowest BCUT2D eigenvalue weighted by molar-refractivity contribution is -0.137. The summed E-state index contributed by atoms with van der Waals surface area (Å²) < 4.78 is 53.4. The van der Waals surface area contributed by atoms with Gasteiger partial charge in [-0.05, 0) is 54.4 Å². The molecule has 2 aromatic carbocycles. The summed E-state index contributed by atoms with van der Waals surface area (Å²) in [7, 11) is 0. The highest BCUT2D eigenvalue weighted by atomic mass is 19.4. The van der Waals surface area contributed by atoms with Crippen LogP contribution in [-0.4, -0.2) is 10.5 Å². The molecule has 0 aliphatic rings. The second-order valence-electron chi connectivity index (χ2n) is 6.47. The number of benzene rings is 2. The van der Waals surface area contributed by atoms with Crippen LogP contribution in [0.25, 0.3) is 0 Å². The maximum atomic E-state index is 13.6. The Kier molecular flexibility index (Phi) is 5.54. The minimum absolute atomic E-state index is 0.136. The molecule has 8 heteroatoms. The molecule has 150 valence electrons. The number of halogens is 4. The van der Waals surface area contributed by atoms with E-state index in [1.165, 1.54) is 42.6 Å². The van der Waals surface area contributed by atoms with Gasteiger partial charge in [0, 0.05) is 11.9 Å². The highest BCUT2D eigenvalue weighted by molar-refractivity contribution is 6.04. The van der Waals surface area contributed by atoms with Crippen LogP contribution >= 0.6 is 0 Å². The minimum atomic E-state index is -4.49. The molecule has 0 saturated heterocycles. The lowest BCUT2D eigenvalue weighted by atomic mass is 10.1. The van der Waals surface area contributed by atoms with Crippen LogP contribution in [0.4, 0.5) is 23.2 Å². The zero-order valence-electron chi connectivity index (χ0n) is 15.3. The normalized spacial score (nSPS) is 11.3. The van der Waals surface area contributed by atoms with Crippen molar-refractivity contribution in [2.24, 2.45) is 0 Å². The molecule has 0 bridgehead atoms. The summed E-state index contributed by atoms with van der Waals surface area (Å²) in [4.78, 5) is 25.0. The van der Waals surface area contributed by atoms with Crippen LogP contribution in [0.2, 0.25) is 0 Å². The van der Waals surface area contributed by atoms with Crippen molar-refractivity contribution >= 4 is 11.6 Å².